The van der Waals surface area contributed by atoms with Gasteiger partial charge in [0.1, 0.15) is 5.69 Å². The Bertz CT molecular complexity index is 1300. The summed E-state index contributed by atoms with van der Waals surface area (Å²) in [4.78, 5) is 32.4. The summed E-state index contributed by atoms with van der Waals surface area (Å²) in [5.74, 6) is -0.978. The van der Waals surface area contributed by atoms with Gasteiger partial charge in [0.2, 0.25) is 0 Å². The Labute approximate surface area is 197 Å². The predicted octanol–water partition coefficient (Wildman–Crippen LogP) is 3.20. The summed E-state index contributed by atoms with van der Waals surface area (Å²) < 4.78 is 23.6. The molecule has 0 aliphatic carbocycles. The van der Waals surface area contributed by atoms with Crippen molar-refractivity contribution in [2.75, 3.05) is 11.6 Å². The van der Waals surface area contributed by atoms with Crippen LogP contribution in [0.15, 0.2) is 71.1 Å². The van der Waals surface area contributed by atoms with E-state index >= 15 is 0 Å². The molecule has 2 aromatic carbocycles. The number of rotatable bonds is 7. The second-order valence-electron chi connectivity index (χ2n) is 8.16. The van der Waals surface area contributed by atoms with Gasteiger partial charge in [-0.2, -0.15) is 5.10 Å². The van der Waals surface area contributed by atoms with Crippen LogP contribution in [0.5, 0.6) is 0 Å². The fourth-order valence-electron chi connectivity index (χ4n) is 3.87. The molecule has 2 atom stereocenters. The number of imidazole rings is 1. The molecule has 10 heteroatoms. The third-order valence-corrected chi connectivity index (χ3v) is 6.89. The largest absolute Gasteiger partial charge is 0.350 e. The topological polar surface area (TPSA) is 125 Å². The van der Waals surface area contributed by atoms with Crippen LogP contribution in [0.1, 0.15) is 40.9 Å². The van der Waals surface area contributed by atoms with Gasteiger partial charge in [0, 0.05) is 30.3 Å². The van der Waals surface area contributed by atoms with E-state index < -0.39 is 15.8 Å². The zero-order valence-electron chi connectivity index (χ0n) is 18.8. The summed E-state index contributed by atoms with van der Waals surface area (Å²) in [6.07, 6.45) is 6.62. The molecule has 1 aliphatic rings. The van der Waals surface area contributed by atoms with Crippen LogP contribution >= 0.6 is 0 Å². The molecule has 3 aromatic rings. The predicted molar refractivity (Wildman–Crippen MR) is 128 cm³/mol. The highest BCUT2D eigenvalue weighted by Gasteiger charge is 2.35. The van der Waals surface area contributed by atoms with Gasteiger partial charge in [-0.15, -0.1) is 0 Å². The fourth-order valence-corrected chi connectivity index (χ4v) is 4.50. The molecule has 0 saturated carbocycles. The Kier molecular flexibility index (Phi) is 6.60. The Morgan fingerprint density at radius 1 is 1.12 bits per heavy atom. The number of aromatic nitrogens is 2. The molecule has 0 fully saturated rings. The molecule has 0 bridgehead atoms. The molecule has 0 saturated heterocycles. The smallest absolute Gasteiger partial charge is 0.275 e. The Morgan fingerprint density at radius 2 is 1.82 bits per heavy atom. The van der Waals surface area contributed by atoms with E-state index in [1.807, 2.05) is 19.1 Å². The van der Waals surface area contributed by atoms with E-state index in [0.717, 1.165) is 23.8 Å². The Balaban J connectivity index is 1.48. The minimum atomic E-state index is -3.31. The lowest BCUT2D eigenvalue weighted by atomic mass is 9.83. The maximum absolute atomic E-state index is 13.4. The molecule has 0 radical (unpaired) electrons. The van der Waals surface area contributed by atoms with Gasteiger partial charge in [-0.1, -0.05) is 31.2 Å². The molecular formula is C24H25N5O4S. The van der Waals surface area contributed by atoms with Gasteiger partial charge >= 0.3 is 0 Å². The average molecular weight is 480 g/mol. The van der Waals surface area contributed by atoms with Crippen molar-refractivity contribution in [3.8, 4) is 0 Å². The molecule has 176 valence electrons. The van der Waals surface area contributed by atoms with Gasteiger partial charge in [0.05, 0.1) is 23.7 Å². The number of amides is 2. The molecule has 0 spiro atoms. The van der Waals surface area contributed by atoms with Crippen LogP contribution in [-0.4, -0.2) is 47.7 Å². The van der Waals surface area contributed by atoms with Crippen LogP contribution in [0.3, 0.4) is 0 Å². The zero-order chi connectivity index (χ0) is 24.3. The Morgan fingerprint density at radius 3 is 2.41 bits per heavy atom. The van der Waals surface area contributed by atoms with Crippen molar-refractivity contribution >= 4 is 33.6 Å². The van der Waals surface area contributed by atoms with E-state index in [1.54, 1.807) is 30.5 Å². The maximum atomic E-state index is 13.4. The van der Waals surface area contributed by atoms with Gasteiger partial charge in [-0.3, -0.25) is 9.59 Å². The summed E-state index contributed by atoms with van der Waals surface area (Å²) in [7, 11) is -3.31. The zero-order valence-corrected chi connectivity index (χ0v) is 19.6. The number of nitrogens with one attached hydrogen (secondary N) is 2. The minimum absolute atomic E-state index is 0.0764. The van der Waals surface area contributed by atoms with Crippen molar-refractivity contribution in [3.05, 3.63) is 77.9 Å². The summed E-state index contributed by atoms with van der Waals surface area (Å²) in [6, 6.07) is 13.6. The highest BCUT2D eigenvalue weighted by Crippen LogP contribution is 2.32. The molecular weight excluding hydrogens is 454 g/mol. The quantitative estimate of drug-likeness (QED) is 0.538. The molecule has 2 amide bonds. The maximum Gasteiger partial charge on any atom is 0.275 e. The van der Waals surface area contributed by atoms with E-state index in [4.69, 9.17) is 0 Å². The third-order valence-electron chi connectivity index (χ3n) is 5.76. The van der Waals surface area contributed by atoms with Crippen molar-refractivity contribution in [2.45, 2.75) is 30.7 Å². The fraction of sp³-hybridized carbons (Fsp3) is 0.250. The summed E-state index contributed by atoms with van der Waals surface area (Å²) in [5.41, 5.74) is 2.51. The summed E-state index contributed by atoms with van der Waals surface area (Å²) in [5, 5.41) is 8.57. The normalized spacial score (nSPS) is 18.2. The van der Waals surface area contributed by atoms with Crippen LogP contribution < -0.4 is 5.32 Å². The highest BCUT2D eigenvalue weighted by molar-refractivity contribution is 7.90. The van der Waals surface area contributed by atoms with Crippen molar-refractivity contribution < 1.29 is 18.0 Å². The molecule has 2 unspecified atom stereocenters. The number of benzene rings is 2. The number of hydrazone groups is 1. The van der Waals surface area contributed by atoms with Gasteiger partial charge < -0.3 is 10.3 Å². The molecule has 4 rings (SSSR count). The van der Waals surface area contributed by atoms with Crippen LogP contribution in [-0.2, 0) is 21.2 Å². The average Bonchev–Trinajstić information content (AvgIpc) is 3.36. The van der Waals surface area contributed by atoms with Crippen molar-refractivity contribution in [2.24, 2.45) is 11.0 Å². The van der Waals surface area contributed by atoms with Crippen molar-refractivity contribution in [1.82, 2.24) is 15.0 Å². The first kappa shape index (κ1) is 23.4. The number of aromatic amines is 1. The first-order valence-electron chi connectivity index (χ1n) is 10.8. The number of carbonyl (C=O) groups is 2. The monoisotopic (exact) mass is 479 g/mol. The van der Waals surface area contributed by atoms with Crippen molar-refractivity contribution in [1.29, 1.82) is 0 Å². The number of hydrogen-bond acceptors (Lipinski definition) is 6. The molecule has 34 heavy (non-hydrogen) atoms. The van der Waals surface area contributed by atoms with Gasteiger partial charge in [0.15, 0.2) is 9.84 Å². The number of sulfone groups is 1. The van der Waals surface area contributed by atoms with E-state index in [2.05, 4.69) is 20.4 Å². The number of hydrogen-bond donors (Lipinski definition) is 2. The number of nitrogens with zero attached hydrogens (tertiary/aromatic N) is 3. The lowest BCUT2D eigenvalue weighted by molar-refractivity contribution is -0.135. The van der Waals surface area contributed by atoms with Crippen LogP contribution in [0.25, 0.3) is 0 Å². The summed E-state index contributed by atoms with van der Waals surface area (Å²) >= 11 is 0. The third kappa shape index (κ3) is 5.07. The molecule has 1 aromatic heterocycles. The van der Waals surface area contributed by atoms with Crippen LogP contribution in [0.4, 0.5) is 5.69 Å². The number of carbonyl (C=O) groups excluding carboxylic acids is 2. The van der Waals surface area contributed by atoms with Crippen molar-refractivity contribution in [3.63, 3.8) is 0 Å². The van der Waals surface area contributed by atoms with Gasteiger partial charge in [-0.25, -0.2) is 18.4 Å². The first-order chi connectivity index (χ1) is 16.3. The van der Waals surface area contributed by atoms with E-state index in [-0.39, 0.29) is 29.2 Å². The van der Waals surface area contributed by atoms with Gasteiger partial charge in [0.25, 0.3) is 11.8 Å². The lowest BCUT2D eigenvalue weighted by Crippen LogP contribution is -2.39. The summed E-state index contributed by atoms with van der Waals surface area (Å²) in [6.45, 7) is 2.27. The number of anilines is 1. The molecule has 2 heterocycles. The Hall–Kier alpha value is -3.79. The molecule has 2 N–H and O–H groups in total. The SMILES string of the molecule is CCC1C=NN(Cc2ccc(NC(=O)c3c[nH]cn3)cc2)C(=O)C1c1ccc(S(C)(=O)=O)cc1. The van der Waals surface area contributed by atoms with E-state index in [1.165, 1.54) is 29.7 Å². The number of H-pyrrole nitrogens is 1. The second kappa shape index (κ2) is 9.60. The minimum Gasteiger partial charge on any atom is -0.350 e. The lowest BCUT2D eigenvalue weighted by Gasteiger charge is -2.32. The van der Waals surface area contributed by atoms with Crippen LogP contribution in [0.2, 0.25) is 0 Å². The van der Waals surface area contributed by atoms with E-state index in [9.17, 15) is 18.0 Å². The van der Waals surface area contributed by atoms with Crippen LogP contribution in [0, 0.1) is 5.92 Å². The first-order valence-corrected chi connectivity index (χ1v) is 12.7. The molecule has 1 aliphatic heterocycles. The standard InChI is InChI=1S/C24H25N5O4S/c1-3-17-12-27-29(24(31)22(17)18-6-10-20(11-7-18)34(2,32)33)14-16-4-8-19(9-5-16)28-23(30)21-13-25-15-26-21/h4-13,15,17,22H,3,14H2,1-2H3,(H,25,26)(H,28,30). The van der Waals surface area contributed by atoms with E-state index in [0.29, 0.717) is 11.4 Å². The highest BCUT2D eigenvalue weighted by atomic mass is 32.2. The molecule has 9 nitrogen and oxygen atoms in total. The van der Waals surface area contributed by atoms with Gasteiger partial charge in [-0.05, 0) is 41.8 Å². The second-order valence-corrected chi connectivity index (χ2v) is 10.2.